The number of alkyl halides is 1. The lowest BCUT2D eigenvalue weighted by Gasteiger charge is -2.32. The molecule has 0 aromatic heterocycles. The monoisotopic (exact) mass is 279 g/mol. The third-order valence-corrected chi connectivity index (χ3v) is 4.36. The lowest BCUT2D eigenvalue weighted by Crippen LogP contribution is -2.36. The van der Waals surface area contributed by atoms with Gasteiger partial charge in [0.25, 0.3) is 0 Å². The van der Waals surface area contributed by atoms with Crippen molar-refractivity contribution >= 4 is 0 Å². The van der Waals surface area contributed by atoms with E-state index < -0.39 is 11.2 Å². The second-order valence-corrected chi connectivity index (χ2v) is 6.38. The minimum absolute atomic E-state index is 0.436. The van der Waals surface area contributed by atoms with Crippen LogP contribution in [0.5, 0.6) is 11.5 Å². The van der Waals surface area contributed by atoms with E-state index in [1.54, 1.807) is 19.9 Å². The number of hydrogen-bond acceptors (Lipinski definition) is 3. The average Bonchev–Trinajstić information content (AvgIpc) is 2.84. The number of fused-ring (bicyclic) bond motifs is 1. The third kappa shape index (κ3) is 2.26. The molecule has 0 saturated heterocycles. The Hall–Kier alpha value is -1.29. The molecule has 0 radical (unpaired) electrons. The van der Waals surface area contributed by atoms with Crippen LogP contribution >= 0.6 is 0 Å². The lowest BCUT2D eigenvalue weighted by atomic mass is 9.81. The second kappa shape index (κ2) is 4.62. The van der Waals surface area contributed by atoms with E-state index >= 15 is 0 Å². The van der Waals surface area contributed by atoms with E-state index in [9.17, 15) is 4.39 Å². The van der Waals surface area contributed by atoms with Crippen LogP contribution < -0.4 is 15.2 Å². The third-order valence-electron chi connectivity index (χ3n) is 4.36. The fourth-order valence-electron chi connectivity index (χ4n) is 3.27. The van der Waals surface area contributed by atoms with Crippen LogP contribution in [0.2, 0.25) is 0 Å². The molecule has 1 heterocycles. The summed E-state index contributed by atoms with van der Waals surface area (Å²) in [6, 6.07) is 3.67. The van der Waals surface area contributed by atoms with Gasteiger partial charge in [-0.25, -0.2) is 4.39 Å². The smallest absolute Gasteiger partial charge is 0.161 e. The number of rotatable bonds is 2. The van der Waals surface area contributed by atoms with Crippen LogP contribution in [-0.4, -0.2) is 13.2 Å². The summed E-state index contributed by atoms with van der Waals surface area (Å²) < 4.78 is 25.8. The first-order valence-electron chi connectivity index (χ1n) is 7.33. The maximum Gasteiger partial charge on any atom is 0.161 e. The Morgan fingerprint density at radius 2 is 1.65 bits per heavy atom. The number of halogens is 1. The van der Waals surface area contributed by atoms with Gasteiger partial charge >= 0.3 is 0 Å². The first kappa shape index (κ1) is 13.7. The van der Waals surface area contributed by atoms with Gasteiger partial charge in [-0.1, -0.05) is 12.8 Å². The number of hydrogen-bond donors (Lipinski definition) is 1. The zero-order valence-corrected chi connectivity index (χ0v) is 12.2. The van der Waals surface area contributed by atoms with Gasteiger partial charge in [0.2, 0.25) is 0 Å². The highest BCUT2D eigenvalue weighted by atomic mass is 19.1. The molecule has 2 N–H and O–H groups in total. The number of ether oxygens (including phenoxy) is 2. The van der Waals surface area contributed by atoms with Gasteiger partial charge in [0.05, 0.1) is 0 Å². The predicted molar refractivity (Wildman–Crippen MR) is 75.9 cm³/mol. The minimum atomic E-state index is -1.44. The fourth-order valence-corrected chi connectivity index (χ4v) is 3.27. The first-order valence-corrected chi connectivity index (χ1v) is 7.33. The molecule has 20 heavy (non-hydrogen) atoms. The average molecular weight is 279 g/mol. The maximum atomic E-state index is 14.6. The summed E-state index contributed by atoms with van der Waals surface area (Å²) in [4.78, 5) is 0. The molecule has 1 aliphatic carbocycles. The Morgan fingerprint density at radius 1 is 1.10 bits per heavy atom. The van der Waals surface area contributed by atoms with Gasteiger partial charge in [-0.15, -0.1) is 0 Å². The van der Waals surface area contributed by atoms with Crippen LogP contribution in [0, 0.1) is 0 Å². The molecule has 2 aliphatic rings. The largest absolute Gasteiger partial charge is 0.486 e. The zero-order valence-electron chi connectivity index (χ0n) is 12.2. The van der Waals surface area contributed by atoms with Crippen LogP contribution in [-0.2, 0) is 11.2 Å². The van der Waals surface area contributed by atoms with Crippen molar-refractivity contribution in [3.63, 3.8) is 0 Å². The molecule has 3 nitrogen and oxygen atoms in total. The molecule has 1 aromatic rings. The normalized spacial score (nSPS) is 21.0. The van der Waals surface area contributed by atoms with Gasteiger partial charge in [-0.3, -0.25) is 0 Å². The molecule has 0 atom stereocenters. The SMILES string of the molecule is CC(C)(F)c1cc2c(cc1C1(N)CCCC1)OCCO2. The summed E-state index contributed by atoms with van der Waals surface area (Å²) in [5.41, 5.74) is 6.18. The van der Waals surface area contributed by atoms with Gasteiger partial charge < -0.3 is 15.2 Å². The standard InChI is InChI=1S/C16H22FNO2/c1-15(2,17)11-9-13-14(20-8-7-19-13)10-12(11)16(18)5-3-4-6-16/h9-10H,3-8,18H2,1-2H3. The van der Waals surface area contributed by atoms with Crippen LogP contribution in [0.1, 0.15) is 50.7 Å². The van der Waals surface area contributed by atoms with Crippen molar-refractivity contribution in [2.24, 2.45) is 5.73 Å². The molecule has 4 heteroatoms. The van der Waals surface area contributed by atoms with Gasteiger partial charge in [-0.2, -0.15) is 0 Å². The van der Waals surface area contributed by atoms with Crippen LogP contribution in [0.3, 0.4) is 0 Å². The zero-order chi connectivity index (χ0) is 14.4. The Bertz CT molecular complexity index is 516. The van der Waals surface area contributed by atoms with E-state index in [-0.39, 0.29) is 0 Å². The molecule has 1 fully saturated rings. The van der Waals surface area contributed by atoms with E-state index in [1.807, 2.05) is 6.07 Å². The number of nitrogens with two attached hydrogens (primary N) is 1. The van der Waals surface area contributed by atoms with Crippen molar-refractivity contribution in [3.8, 4) is 11.5 Å². The predicted octanol–water partition coefficient (Wildman–Crippen LogP) is 3.39. The second-order valence-electron chi connectivity index (χ2n) is 6.38. The van der Waals surface area contributed by atoms with Gasteiger partial charge in [0.15, 0.2) is 11.5 Å². The van der Waals surface area contributed by atoms with Crippen molar-refractivity contribution in [2.45, 2.75) is 50.7 Å². The summed E-state index contributed by atoms with van der Waals surface area (Å²) in [5, 5.41) is 0. The summed E-state index contributed by atoms with van der Waals surface area (Å²) in [5.74, 6) is 1.32. The fraction of sp³-hybridized carbons (Fsp3) is 0.625. The van der Waals surface area contributed by atoms with Crippen molar-refractivity contribution < 1.29 is 13.9 Å². The van der Waals surface area contributed by atoms with E-state index in [0.29, 0.717) is 30.3 Å². The highest BCUT2D eigenvalue weighted by Gasteiger charge is 2.38. The minimum Gasteiger partial charge on any atom is -0.486 e. The van der Waals surface area contributed by atoms with Gasteiger partial charge in [0, 0.05) is 5.54 Å². The quantitative estimate of drug-likeness (QED) is 0.902. The molecular weight excluding hydrogens is 257 g/mol. The van der Waals surface area contributed by atoms with Crippen LogP contribution in [0.4, 0.5) is 4.39 Å². The van der Waals surface area contributed by atoms with E-state index in [4.69, 9.17) is 15.2 Å². The maximum absolute atomic E-state index is 14.6. The number of benzene rings is 1. The molecule has 0 bridgehead atoms. The van der Waals surface area contributed by atoms with Gasteiger partial charge in [0.1, 0.15) is 18.9 Å². The van der Waals surface area contributed by atoms with Crippen molar-refractivity contribution in [3.05, 3.63) is 23.3 Å². The highest BCUT2D eigenvalue weighted by molar-refractivity contribution is 5.52. The molecule has 110 valence electrons. The van der Waals surface area contributed by atoms with Crippen LogP contribution in [0.15, 0.2) is 12.1 Å². The molecule has 0 unspecified atom stereocenters. The molecule has 1 aliphatic heterocycles. The summed E-state index contributed by atoms with van der Waals surface area (Å²) in [6.07, 6.45) is 3.99. The van der Waals surface area contributed by atoms with Crippen molar-refractivity contribution in [1.29, 1.82) is 0 Å². The topological polar surface area (TPSA) is 44.5 Å². The Balaban J connectivity index is 2.15. The summed E-state index contributed by atoms with van der Waals surface area (Å²) >= 11 is 0. The van der Waals surface area contributed by atoms with E-state index in [2.05, 4.69) is 0 Å². The van der Waals surface area contributed by atoms with E-state index in [1.165, 1.54) is 0 Å². The molecular formula is C16H22FNO2. The molecule has 1 aromatic carbocycles. The molecule has 1 saturated carbocycles. The van der Waals surface area contributed by atoms with Crippen molar-refractivity contribution in [1.82, 2.24) is 0 Å². The van der Waals surface area contributed by atoms with Crippen LogP contribution in [0.25, 0.3) is 0 Å². The first-order chi connectivity index (χ1) is 9.40. The van der Waals surface area contributed by atoms with Crippen molar-refractivity contribution in [2.75, 3.05) is 13.2 Å². The lowest BCUT2D eigenvalue weighted by molar-refractivity contribution is 0.167. The van der Waals surface area contributed by atoms with Gasteiger partial charge in [-0.05, 0) is 49.9 Å². The Kier molecular flexibility index (Phi) is 3.16. The summed E-state index contributed by atoms with van der Waals surface area (Å²) in [6.45, 7) is 4.18. The Labute approximate surface area is 119 Å². The molecule has 0 spiro atoms. The summed E-state index contributed by atoms with van der Waals surface area (Å²) in [7, 11) is 0. The Morgan fingerprint density at radius 3 is 2.20 bits per heavy atom. The molecule has 3 rings (SSSR count). The van der Waals surface area contributed by atoms with E-state index in [0.717, 1.165) is 31.2 Å². The molecule has 0 amide bonds. The highest BCUT2D eigenvalue weighted by Crippen LogP contribution is 2.46.